The molecule has 1 aliphatic rings. The highest BCUT2D eigenvalue weighted by molar-refractivity contribution is 6.07. The van der Waals surface area contributed by atoms with Gasteiger partial charge in [-0.25, -0.2) is 0 Å². The quantitative estimate of drug-likeness (QED) is 0.128. The summed E-state index contributed by atoms with van der Waals surface area (Å²) in [6, 6.07) is 104. The Labute approximate surface area is 434 Å². The number of para-hydroxylation sites is 2. The molecule has 0 radical (unpaired) electrons. The maximum absolute atomic E-state index is 2.45. The van der Waals surface area contributed by atoms with Crippen molar-refractivity contribution < 1.29 is 0 Å². The lowest BCUT2D eigenvalue weighted by Gasteiger charge is -2.29. The number of aromatic nitrogens is 1. The zero-order valence-electron chi connectivity index (χ0n) is 41.5. The van der Waals surface area contributed by atoms with Crippen LogP contribution in [0.1, 0.15) is 25.0 Å². The summed E-state index contributed by atoms with van der Waals surface area (Å²) in [5.41, 5.74) is 23.5. The van der Waals surface area contributed by atoms with Crippen LogP contribution in [0, 0.1) is 0 Å². The minimum atomic E-state index is -0.143. The van der Waals surface area contributed by atoms with Crippen LogP contribution in [0.4, 0.5) is 34.1 Å². The van der Waals surface area contributed by atoms with Gasteiger partial charge in [0.25, 0.3) is 0 Å². The van der Waals surface area contributed by atoms with Crippen molar-refractivity contribution in [2.24, 2.45) is 0 Å². The summed E-state index contributed by atoms with van der Waals surface area (Å²) in [4.78, 5) is 4.73. The number of nitrogens with zero attached hydrogens (tertiary/aromatic N) is 3. The molecule has 0 saturated heterocycles. The van der Waals surface area contributed by atoms with Crippen molar-refractivity contribution in [3.05, 3.63) is 296 Å². The molecular formula is C71H53N3. The van der Waals surface area contributed by atoms with Crippen molar-refractivity contribution in [1.82, 2.24) is 4.57 Å². The lowest BCUT2D eigenvalue weighted by atomic mass is 9.82. The van der Waals surface area contributed by atoms with E-state index in [4.69, 9.17) is 0 Å². The van der Waals surface area contributed by atoms with E-state index in [1.165, 1.54) is 61.2 Å². The molecule has 3 nitrogen and oxygen atoms in total. The smallest absolute Gasteiger partial charge is 0.0619 e. The van der Waals surface area contributed by atoms with Crippen molar-refractivity contribution in [3.63, 3.8) is 0 Å². The standard InChI is InChI=1S/C71H53N3/c1-71(2)66-31-19-18-30-63(66)64-46-45-62(49-67(64)71)73(60-43-41-59(42-44-60)72(56-26-14-6-15-27-56)57-28-16-7-17-29-57)58-37-34-52(35-38-58)55-36-47-68-65(48-55)69(53-22-10-4-11-23-53)70(54-24-12-5-13-25-54)74(68)61-39-32-51(33-40-61)50-20-8-3-9-21-50/h3-49H,1-2H3. The molecule has 13 rings (SSSR count). The summed E-state index contributed by atoms with van der Waals surface area (Å²) in [6.07, 6.45) is 0. The lowest BCUT2D eigenvalue weighted by molar-refractivity contribution is 0.660. The fourth-order valence-corrected chi connectivity index (χ4v) is 11.4. The predicted molar refractivity (Wildman–Crippen MR) is 312 cm³/mol. The normalized spacial score (nSPS) is 12.3. The van der Waals surface area contributed by atoms with Crippen LogP contribution in [-0.4, -0.2) is 4.57 Å². The third kappa shape index (κ3) is 7.87. The number of benzene rings is 11. The summed E-state index contributed by atoms with van der Waals surface area (Å²) in [6.45, 7) is 4.71. The van der Waals surface area contributed by atoms with E-state index in [0.717, 1.165) is 56.5 Å². The lowest BCUT2D eigenvalue weighted by Crippen LogP contribution is -2.16. The Morgan fingerprint density at radius 2 is 0.703 bits per heavy atom. The van der Waals surface area contributed by atoms with Crippen molar-refractivity contribution in [3.8, 4) is 61.5 Å². The third-order valence-electron chi connectivity index (χ3n) is 15.0. The summed E-state index contributed by atoms with van der Waals surface area (Å²) in [7, 11) is 0. The van der Waals surface area contributed by atoms with Crippen LogP contribution in [0.15, 0.2) is 285 Å². The van der Waals surface area contributed by atoms with Crippen LogP contribution in [0.2, 0.25) is 0 Å². The van der Waals surface area contributed by atoms with Gasteiger partial charge >= 0.3 is 0 Å². The molecule has 0 unspecified atom stereocenters. The average molecular weight is 948 g/mol. The highest BCUT2D eigenvalue weighted by Gasteiger charge is 2.36. The molecule has 352 valence electrons. The van der Waals surface area contributed by atoms with Crippen LogP contribution in [0.5, 0.6) is 0 Å². The monoisotopic (exact) mass is 947 g/mol. The Kier molecular flexibility index (Phi) is 11.2. The van der Waals surface area contributed by atoms with E-state index >= 15 is 0 Å². The largest absolute Gasteiger partial charge is 0.311 e. The number of fused-ring (bicyclic) bond motifs is 4. The van der Waals surface area contributed by atoms with Gasteiger partial charge in [0, 0.05) is 56.2 Å². The molecule has 0 aliphatic heterocycles. The SMILES string of the molecule is CC1(C)c2ccccc2-c2ccc(N(c3ccc(-c4ccc5c(c4)c(-c4ccccc4)c(-c4ccccc4)n5-c4ccc(-c5ccccc5)cc4)cc3)c3ccc(N(c4ccccc4)c4ccccc4)cc3)cc21. The Bertz CT molecular complexity index is 3880. The number of anilines is 6. The van der Waals surface area contributed by atoms with Crippen LogP contribution >= 0.6 is 0 Å². The molecule has 3 heteroatoms. The van der Waals surface area contributed by atoms with Crippen molar-refractivity contribution in [2.45, 2.75) is 19.3 Å². The first-order chi connectivity index (χ1) is 36.5. The minimum absolute atomic E-state index is 0.143. The zero-order chi connectivity index (χ0) is 49.6. The molecule has 1 heterocycles. The first-order valence-electron chi connectivity index (χ1n) is 25.6. The molecule has 0 amide bonds. The van der Waals surface area contributed by atoms with Crippen molar-refractivity contribution >= 4 is 45.0 Å². The van der Waals surface area contributed by atoms with Crippen LogP contribution < -0.4 is 9.80 Å². The van der Waals surface area contributed by atoms with Gasteiger partial charge in [-0.3, -0.25) is 0 Å². The van der Waals surface area contributed by atoms with E-state index in [-0.39, 0.29) is 5.41 Å². The van der Waals surface area contributed by atoms with Gasteiger partial charge < -0.3 is 14.4 Å². The first kappa shape index (κ1) is 44.5. The molecule has 0 N–H and O–H groups in total. The molecule has 11 aromatic carbocycles. The van der Waals surface area contributed by atoms with Crippen molar-refractivity contribution in [1.29, 1.82) is 0 Å². The zero-order valence-corrected chi connectivity index (χ0v) is 41.5. The van der Waals surface area contributed by atoms with E-state index in [0.29, 0.717) is 0 Å². The Morgan fingerprint density at radius 3 is 1.30 bits per heavy atom. The molecule has 0 bridgehead atoms. The molecule has 74 heavy (non-hydrogen) atoms. The molecule has 1 aliphatic carbocycles. The number of hydrogen-bond donors (Lipinski definition) is 0. The predicted octanol–water partition coefficient (Wildman–Crippen LogP) is 19.5. The second kappa shape index (κ2) is 18.6. The van der Waals surface area contributed by atoms with Crippen LogP contribution in [0.3, 0.4) is 0 Å². The molecule has 0 atom stereocenters. The van der Waals surface area contributed by atoms with E-state index in [9.17, 15) is 0 Å². The minimum Gasteiger partial charge on any atom is -0.311 e. The summed E-state index contributed by atoms with van der Waals surface area (Å²) >= 11 is 0. The third-order valence-corrected chi connectivity index (χ3v) is 15.0. The summed E-state index contributed by atoms with van der Waals surface area (Å²) < 4.78 is 2.45. The fraction of sp³-hybridized carbons (Fsp3) is 0.0423. The van der Waals surface area contributed by atoms with Gasteiger partial charge in [0.2, 0.25) is 0 Å². The Hall–Kier alpha value is -9.44. The molecule has 0 saturated carbocycles. The second-order valence-corrected chi connectivity index (χ2v) is 19.7. The molecule has 12 aromatic rings. The van der Waals surface area contributed by atoms with Gasteiger partial charge in [0.05, 0.1) is 11.2 Å². The second-order valence-electron chi connectivity index (χ2n) is 19.7. The highest BCUT2D eigenvalue weighted by atomic mass is 15.2. The summed E-state index contributed by atoms with van der Waals surface area (Å²) in [5.74, 6) is 0. The topological polar surface area (TPSA) is 11.4 Å². The molecule has 0 fully saturated rings. The van der Waals surface area contributed by atoms with Gasteiger partial charge in [0.1, 0.15) is 0 Å². The van der Waals surface area contributed by atoms with E-state index in [1.807, 2.05) is 0 Å². The van der Waals surface area contributed by atoms with Crippen LogP contribution in [0.25, 0.3) is 72.4 Å². The number of rotatable bonds is 11. The van der Waals surface area contributed by atoms with Gasteiger partial charge in [-0.05, 0) is 153 Å². The first-order valence-corrected chi connectivity index (χ1v) is 25.6. The maximum atomic E-state index is 2.45. The van der Waals surface area contributed by atoms with E-state index < -0.39 is 0 Å². The van der Waals surface area contributed by atoms with Gasteiger partial charge in [0.15, 0.2) is 0 Å². The summed E-state index contributed by atoms with van der Waals surface area (Å²) in [5, 5.41) is 1.20. The molecule has 0 spiro atoms. The number of hydrogen-bond acceptors (Lipinski definition) is 2. The molecular weight excluding hydrogens is 895 g/mol. The van der Waals surface area contributed by atoms with Gasteiger partial charge in [-0.1, -0.05) is 202 Å². The Morgan fingerprint density at radius 1 is 0.297 bits per heavy atom. The maximum Gasteiger partial charge on any atom is 0.0619 e. The van der Waals surface area contributed by atoms with E-state index in [1.54, 1.807) is 0 Å². The van der Waals surface area contributed by atoms with E-state index in [2.05, 4.69) is 313 Å². The Balaban J connectivity index is 0.933. The van der Waals surface area contributed by atoms with Crippen molar-refractivity contribution in [2.75, 3.05) is 9.80 Å². The highest BCUT2D eigenvalue weighted by Crippen LogP contribution is 2.51. The fourth-order valence-electron chi connectivity index (χ4n) is 11.4. The van der Waals surface area contributed by atoms with Crippen LogP contribution in [-0.2, 0) is 5.41 Å². The van der Waals surface area contributed by atoms with Gasteiger partial charge in [-0.2, -0.15) is 0 Å². The average Bonchev–Trinajstić information content (AvgIpc) is 3.93. The molecule has 1 aromatic heterocycles. The van der Waals surface area contributed by atoms with Gasteiger partial charge in [-0.15, -0.1) is 0 Å².